The highest BCUT2D eigenvalue weighted by atomic mass is 19.4. The van der Waals surface area contributed by atoms with Crippen molar-refractivity contribution in [1.29, 1.82) is 0 Å². The van der Waals surface area contributed by atoms with Gasteiger partial charge in [-0.15, -0.1) is 0 Å². The van der Waals surface area contributed by atoms with Crippen LogP contribution in [0.1, 0.15) is 25.7 Å². The van der Waals surface area contributed by atoms with Crippen molar-refractivity contribution in [1.82, 2.24) is 5.32 Å². The summed E-state index contributed by atoms with van der Waals surface area (Å²) in [5, 5.41) is 2.50. The zero-order valence-corrected chi connectivity index (χ0v) is 9.48. The van der Waals surface area contributed by atoms with Crippen LogP contribution in [0, 0.1) is 0 Å². The lowest BCUT2D eigenvalue weighted by Gasteiger charge is -2.22. The van der Waals surface area contributed by atoms with Gasteiger partial charge < -0.3 is 15.8 Å². The Bertz CT molecular complexity index is 263. The molecule has 0 heterocycles. The Morgan fingerprint density at radius 1 is 1.35 bits per heavy atom. The molecule has 0 saturated heterocycles. The zero-order chi connectivity index (χ0) is 12.9. The van der Waals surface area contributed by atoms with Crippen LogP contribution in [0.25, 0.3) is 0 Å². The predicted octanol–water partition coefficient (Wildman–Crippen LogP) is 0.953. The van der Waals surface area contributed by atoms with E-state index in [1.807, 2.05) is 0 Å². The predicted molar refractivity (Wildman–Crippen MR) is 55.3 cm³/mol. The summed E-state index contributed by atoms with van der Waals surface area (Å²) in [5.41, 5.74) is 5.01. The Hall–Kier alpha value is -0.820. The molecular weight excluding hydrogens is 237 g/mol. The Kier molecular flexibility index (Phi) is 4.76. The molecule has 4 nitrogen and oxygen atoms in total. The number of amides is 1. The van der Waals surface area contributed by atoms with Crippen LogP contribution in [0.5, 0.6) is 0 Å². The molecule has 17 heavy (non-hydrogen) atoms. The molecule has 0 spiro atoms. The second kappa shape index (κ2) is 5.68. The molecule has 1 aliphatic rings. The molecule has 0 aromatic heterocycles. The fraction of sp³-hybridized carbons (Fsp3) is 0.900. The van der Waals surface area contributed by atoms with Crippen LogP contribution >= 0.6 is 0 Å². The van der Waals surface area contributed by atoms with Gasteiger partial charge in [-0.05, 0) is 12.8 Å². The average molecular weight is 254 g/mol. The summed E-state index contributed by atoms with van der Waals surface area (Å²) >= 11 is 0. The lowest BCUT2D eigenvalue weighted by Crippen LogP contribution is -2.52. The minimum Gasteiger partial charge on any atom is -0.370 e. The summed E-state index contributed by atoms with van der Waals surface area (Å²) in [4.78, 5) is 11.6. The minimum atomic E-state index is -4.33. The van der Waals surface area contributed by atoms with Gasteiger partial charge in [0.05, 0.1) is 12.1 Å². The standard InChI is InChI=1S/C10H17F3N2O2/c11-10(12,13)7-17-6-5-15-8(16)9(14)3-1-2-4-9/h1-7,14H2,(H,15,16). The number of halogens is 3. The topological polar surface area (TPSA) is 64.4 Å². The van der Waals surface area contributed by atoms with Gasteiger partial charge in [-0.25, -0.2) is 0 Å². The van der Waals surface area contributed by atoms with Crippen LogP contribution in [0.3, 0.4) is 0 Å². The molecule has 100 valence electrons. The van der Waals surface area contributed by atoms with Crippen molar-refractivity contribution in [2.24, 2.45) is 5.73 Å². The van der Waals surface area contributed by atoms with E-state index in [9.17, 15) is 18.0 Å². The number of carbonyl (C=O) groups excluding carboxylic acids is 1. The fourth-order valence-electron chi connectivity index (χ4n) is 1.83. The minimum absolute atomic E-state index is 0.0495. The number of carbonyl (C=O) groups is 1. The molecule has 1 fully saturated rings. The van der Waals surface area contributed by atoms with Gasteiger partial charge in [0.1, 0.15) is 6.61 Å². The first-order valence-electron chi connectivity index (χ1n) is 5.55. The first kappa shape index (κ1) is 14.2. The smallest absolute Gasteiger partial charge is 0.370 e. The van der Waals surface area contributed by atoms with Crippen LogP contribution in [0.4, 0.5) is 13.2 Å². The molecule has 1 rings (SSSR count). The second-order valence-electron chi connectivity index (χ2n) is 4.29. The molecule has 0 unspecified atom stereocenters. The highest BCUT2D eigenvalue weighted by Crippen LogP contribution is 2.27. The molecule has 1 amide bonds. The van der Waals surface area contributed by atoms with E-state index < -0.39 is 18.3 Å². The normalized spacial score (nSPS) is 19.3. The van der Waals surface area contributed by atoms with Crippen molar-refractivity contribution in [3.8, 4) is 0 Å². The monoisotopic (exact) mass is 254 g/mol. The average Bonchev–Trinajstić information content (AvgIpc) is 2.64. The summed E-state index contributed by atoms with van der Waals surface area (Å²) in [5.74, 6) is -0.300. The van der Waals surface area contributed by atoms with Crippen molar-refractivity contribution < 1.29 is 22.7 Å². The van der Waals surface area contributed by atoms with Crippen molar-refractivity contribution in [2.45, 2.75) is 37.4 Å². The van der Waals surface area contributed by atoms with Gasteiger partial charge in [0.2, 0.25) is 5.91 Å². The Morgan fingerprint density at radius 3 is 2.47 bits per heavy atom. The largest absolute Gasteiger partial charge is 0.411 e. The zero-order valence-electron chi connectivity index (χ0n) is 9.48. The maximum Gasteiger partial charge on any atom is 0.411 e. The summed E-state index contributed by atoms with van der Waals surface area (Å²) < 4.78 is 39.5. The number of nitrogens with two attached hydrogens (primary N) is 1. The molecule has 0 atom stereocenters. The van der Waals surface area contributed by atoms with E-state index in [4.69, 9.17) is 5.73 Å². The van der Waals surface area contributed by atoms with E-state index in [2.05, 4.69) is 10.1 Å². The van der Waals surface area contributed by atoms with E-state index >= 15 is 0 Å². The molecule has 0 radical (unpaired) electrons. The SMILES string of the molecule is NC1(C(=O)NCCOCC(F)(F)F)CCCC1. The maximum absolute atomic E-state index is 11.7. The quantitative estimate of drug-likeness (QED) is 0.718. The third kappa shape index (κ3) is 4.91. The molecule has 0 aliphatic heterocycles. The number of alkyl halides is 3. The Morgan fingerprint density at radius 2 is 1.94 bits per heavy atom. The summed E-state index contributed by atoms with van der Waals surface area (Å²) in [6.45, 7) is -1.41. The van der Waals surface area contributed by atoms with Crippen molar-refractivity contribution in [3.05, 3.63) is 0 Å². The Labute approximate surface area is 97.7 Å². The van der Waals surface area contributed by atoms with Crippen LogP contribution in [-0.2, 0) is 9.53 Å². The number of ether oxygens (including phenoxy) is 1. The van der Waals surface area contributed by atoms with Gasteiger partial charge in [-0.2, -0.15) is 13.2 Å². The first-order chi connectivity index (χ1) is 7.83. The van der Waals surface area contributed by atoms with Crippen LogP contribution < -0.4 is 11.1 Å². The molecule has 3 N–H and O–H groups in total. The molecule has 0 aromatic carbocycles. The van der Waals surface area contributed by atoms with E-state index in [1.165, 1.54) is 0 Å². The third-order valence-electron chi connectivity index (χ3n) is 2.75. The van der Waals surface area contributed by atoms with E-state index in [0.29, 0.717) is 12.8 Å². The number of nitrogens with one attached hydrogen (secondary N) is 1. The number of rotatable bonds is 5. The number of hydrogen-bond acceptors (Lipinski definition) is 3. The summed E-state index contributed by atoms with van der Waals surface area (Å²) in [6, 6.07) is 0. The van der Waals surface area contributed by atoms with E-state index in [-0.39, 0.29) is 19.1 Å². The third-order valence-corrected chi connectivity index (χ3v) is 2.75. The van der Waals surface area contributed by atoms with Crippen molar-refractivity contribution in [2.75, 3.05) is 19.8 Å². The molecule has 1 saturated carbocycles. The van der Waals surface area contributed by atoms with Gasteiger partial charge in [0, 0.05) is 6.54 Å². The van der Waals surface area contributed by atoms with Crippen LogP contribution in [0.15, 0.2) is 0 Å². The van der Waals surface area contributed by atoms with Crippen molar-refractivity contribution in [3.63, 3.8) is 0 Å². The van der Waals surface area contributed by atoms with Gasteiger partial charge in [0.15, 0.2) is 0 Å². The first-order valence-corrected chi connectivity index (χ1v) is 5.55. The van der Waals surface area contributed by atoms with Crippen LogP contribution in [-0.4, -0.2) is 37.4 Å². The highest BCUT2D eigenvalue weighted by molar-refractivity contribution is 5.86. The molecule has 1 aliphatic carbocycles. The highest BCUT2D eigenvalue weighted by Gasteiger charge is 2.36. The van der Waals surface area contributed by atoms with Gasteiger partial charge in [-0.3, -0.25) is 4.79 Å². The van der Waals surface area contributed by atoms with Gasteiger partial charge in [0.25, 0.3) is 0 Å². The summed E-state index contributed by atoms with van der Waals surface area (Å²) in [6.07, 6.45) is -1.25. The second-order valence-corrected chi connectivity index (χ2v) is 4.29. The lowest BCUT2D eigenvalue weighted by atomic mass is 9.98. The van der Waals surface area contributed by atoms with E-state index in [1.54, 1.807) is 0 Å². The fourth-order valence-corrected chi connectivity index (χ4v) is 1.83. The Balaban J connectivity index is 2.12. The molecule has 0 aromatic rings. The van der Waals surface area contributed by atoms with Gasteiger partial charge >= 0.3 is 6.18 Å². The molecule has 0 bridgehead atoms. The summed E-state index contributed by atoms with van der Waals surface area (Å²) in [7, 11) is 0. The van der Waals surface area contributed by atoms with Gasteiger partial charge in [-0.1, -0.05) is 12.8 Å². The van der Waals surface area contributed by atoms with E-state index in [0.717, 1.165) is 12.8 Å². The lowest BCUT2D eigenvalue weighted by molar-refractivity contribution is -0.173. The molecule has 7 heteroatoms. The van der Waals surface area contributed by atoms with Crippen molar-refractivity contribution >= 4 is 5.91 Å². The molecular formula is C10H17F3N2O2. The van der Waals surface area contributed by atoms with Crippen LogP contribution in [0.2, 0.25) is 0 Å². The maximum atomic E-state index is 11.7. The number of hydrogen-bond donors (Lipinski definition) is 2.